The van der Waals surface area contributed by atoms with Gasteiger partial charge in [0.1, 0.15) is 5.82 Å². The van der Waals surface area contributed by atoms with E-state index in [4.69, 9.17) is 5.11 Å². The van der Waals surface area contributed by atoms with Crippen LogP contribution in [0.5, 0.6) is 0 Å². The van der Waals surface area contributed by atoms with Crippen LogP contribution in [-0.4, -0.2) is 11.1 Å². The molecule has 86 valence electrons. The quantitative estimate of drug-likeness (QED) is 0.857. The highest BCUT2D eigenvalue weighted by Crippen LogP contribution is 2.27. The highest BCUT2D eigenvalue weighted by molar-refractivity contribution is 5.96. The molecular formula is C14H11FO2. The summed E-state index contributed by atoms with van der Waals surface area (Å²) in [5, 5.41) is 9.09. The zero-order valence-electron chi connectivity index (χ0n) is 9.27. The number of carboxylic acid groups (broad SMARTS) is 1. The van der Waals surface area contributed by atoms with E-state index >= 15 is 0 Å². The lowest BCUT2D eigenvalue weighted by Gasteiger charge is -2.09. The first-order valence-corrected chi connectivity index (χ1v) is 5.18. The number of halogens is 1. The first kappa shape index (κ1) is 11.3. The summed E-state index contributed by atoms with van der Waals surface area (Å²) < 4.78 is 13.2. The second-order valence-electron chi connectivity index (χ2n) is 3.81. The summed E-state index contributed by atoms with van der Waals surface area (Å²) in [7, 11) is 0. The van der Waals surface area contributed by atoms with Crippen LogP contribution in [-0.2, 0) is 0 Å². The Balaban J connectivity index is 2.68. The number of aryl methyl sites for hydroxylation is 1. The topological polar surface area (TPSA) is 37.3 Å². The smallest absolute Gasteiger partial charge is 0.336 e. The Morgan fingerprint density at radius 1 is 1.12 bits per heavy atom. The lowest BCUT2D eigenvalue weighted by molar-refractivity contribution is 0.0697. The molecule has 0 spiro atoms. The molecule has 0 radical (unpaired) electrons. The summed E-state index contributed by atoms with van der Waals surface area (Å²) in [6.07, 6.45) is 0. The molecule has 0 heterocycles. The fourth-order valence-electron chi connectivity index (χ4n) is 1.79. The molecule has 0 amide bonds. The average molecular weight is 230 g/mol. The van der Waals surface area contributed by atoms with Gasteiger partial charge in [0.25, 0.3) is 0 Å². The molecular weight excluding hydrogens is 219 g/mol. The second-order valence-corrected chi connectivity index (χ2v) is 3.81. The van der Waals surface area contributed by atoms with Gasteiger partial charge < -0.3 is 5.11 Å². The number of hydrogen-bond donors (Lipinski definition) is 1. The summed E-state index contributed by atoms with van der Waals surface area (Å²) in [6, 6.07) is 11.0. The van der Waals surface area contributed by atoms with E-state index < -0.39 is 5.97 Å². The summed E-state index contributed by atoms with van der Waals surface area (Å²) in [5.41, 5.74) is 2.18. The highest BCUT2D eigenvalue weighted by atomic mass is 19.1. The van der Waals surface area contributed by atoms with Gasteiger partial charge in [-0.05, 0) is 41.8 Å². The van der Waals surface area contributed by atoms with Crippen molar-refractivity contribution in [2.24, 2.45) is 0 Å². The number of carboxylic acids is 1. The lowest BCUT2D eigenvalue weighted by Crippen LogP contribution is -2.00. The van der Waals surface area contributed by atoms with E-state index in [0.717, 1.165) is 5.56 Å². The van der Waals surface area contributed by atoms with Crippen LogP contribution in [0.2, 0.25) is 0 Å². The van der Waals surface area contributed by atoms with E-state index in [1.165, 1.54) is 18.2 Å². The van der Waals surface area contributed by atoms with Crippen molar-refractivity contribution in [3.8, 4) is 11.1 Å². The fourth-order valence-corrected chi connectivity index (χ4v) is 1.79. The second kappa shape index (κ2) is 4.37. The van der Waals surface area contributed by atoms with Crippen LogP contribution in [0.3, 0.4) is 0 Å². The number of hydrogen-bond acceptors (Lipinski definition) is 1. The molecule has 2 aromatic carbocycles. The molecule has 0 atom stereocenters. The molecule has 0 fully saturated rings. The molecule has 0 saturated heterocycles. The molecule has 0 aromatic heterocycles. The van der Waals surface area contributed by atoms with Crippen LogP contribution < -0.4 is 0 Å². The third kappa shape index (κ3) is 2.18. The van der Waals surface area contributed by atoms with Crippen molar-refractivity contribution in [2.45, 2.75) is 6.92 Å². The van der Waals surface area contributed by atoms with Gasteiger partial charge in [-0.2, -0.15) is 0 Å². The summed E-state index contributed by atoms with van der Waals surface area (Å²) in [5.74, 6) is -1.38. The van der Waals surface area contributed by atoms with Crippen molar-refractivity contribution in [2.75, 3.05) is 0 Å². The van der Waals surface area contributed by atoms with Crippen LogP contribution in [0, 0.1) is 12.7 Å². The van der Waals surface area contributed by atoms with Gasteiger partial charge in [0, 0.05) is 0 Å². The number of carbonyl (C=O) groups is 1. The van der Waals surface area contributed by atoms with Gasteiger partial charge >= 0.3 is 5.97 Å². The van der Waals surface area contributed by atoms with Crippen molar-refractivity contribution in [3.05, 3.63) is 59.4 Å². The van der Waals surface area contributed by atoms with E-state index in [2.05, 4.69) is 0 Å². The standard InChI is InChI=1S/C14H11FO2/c1-9-6-7-10(15)8-13(9)11-4-2-3-5-12(11)14(16)17/h2-8H,1H3,(H,16,17). The molecule has 17 heavy (non-hydrogen) atoms. The maximum absolute atomic E-state index is 13.2. The highest BCUT2D eigenvalue weighted by Gasteiger charge is 2.12. The molecule has 1 N–H and O–H groups in total. The van der Waals surface area contributed by atoms with Crippen LogP contribution in [0.1, 0.15) is 15.9 Å². The van der Waals surface area contributed by atoms with Gasteiger partial charge in [-0.1, -0.05) is 24.3 Å². The monoisotopic (exact) mass is 230 g/mol. The molecule has 0 aliphatic heterocycles. The SMILES string of the molecule is Cc1ccc(F)cc1-c1ccccc1C(=O)O. The molecule has 0 unspecified atom stereocenters. The van der Waals surface area contributed by atoms with Gasteiger partial charge in [0.2, 0.25) is 0 Å². The number of benzene rings is 2. The van der Waals surface area contributed by atoms with Crippen molar-refractivity contribution < 1.29 is 14.3 Å². The van der Waals surface area contributed by atoms with Crippen molar-refractivity contribution in [3.63, 3.8) is 0 Å². The van der Waals surface area contributed by atoms with E-state index in [0.29, 0.717) is 11.1 Å². The molecule has 2 aromatic rings. The molecule has 2 rings (SSSR count). The van der Waals surface area contributed by atoms with Gasteiger partial charge in [0.15, 0.2) is 0 Å². The van der Waals surface area contributed by atoms with E-state index in [1.54, 1.807) is 24.3 Å². The minimum Gasteiger partial charge on any atom is -0.478 e. The van der Waals surface area contributed by atoms with Gasteiger partial charge in [-0.15, -0.1) is 0 Å². The van der Waals surface area contributed by atoms with Crippen molar-refractivity contribution >= 4 is 5.97 Å². The summed E-state index contributed by atoms with van der Waals surface area (Å²) in [4.78, 5) is 11.1. The van der Waals surface area contributed by atoms with E-state index in [1.807, 2.05) is 6.92 Å². The molecule has 0 aliphatic rings. The van der Waals surface area contributed by atoms with Crippen molar-refractivity contribution in [1.82, 2.24) is 0 Å². The normalized spacial score (nSPS) is 10.2. The van der Waals surface area contributed by atoms with Crippen molar-refractivity contribution in [1.29, 1.82) is 0 Å². The third-order valence-electron chi connectivity index (χ3n) is 2.65. The van der Waals surface area contributed by atoms with Crippen LogP contribution in [0.4, 0.5) is 4.39 Å². The molecule has 2 nitrogen and oxygen atoms in total. The number of aromatic carboxylic acids is 1. The Labute approximate surface area is 98.3 Å². The van der Waals surface area contributed by atoms with E-state index in [-0.39, 0.29) is 11.4 Å². The first-order chi connectivity index (χ1) is 8.09. The predicted molar refractivity (Wildman–Crippen MR) is 63.5 cm³/mol. The number of rotatable bonds is 2. The molecule has 0 bridgehead atoms. The van der Waals surface area contributed by atoms with Crippen LogP contribution in [0.25, 0.3) is 11.1 Å². The maximum Gasteiger partial charge on any atom is 0.336 e. The minimum absolute atomic E-state index is 0.182. The van der Waals surface area contributed by atoms with Gasteiger partial charge in [0.05, 0.1) is 5.56 Å². The minimum atomic E-state index is -1.01. The Hall–Kier alpha value is -2.16. The molecule has 0 saturated carbocycles. The zero-order chi connectivity index (χ0) is 12.4. The first-order valence-electron chi connectivity index (χ1n) is 5.18. The van der Waals surface area contributed by atoms with Crippen LogP contribution >= 0.6 is 0 Å². The lowest BCUT2D eigenvalue weighted by atomic mass is 9.96. The molecule has 0 aliphatic carbocycles. The molecule has 3 heteroatoms. The van der Waals surface area contributed by atoms with E-state index in [9.17, 15) is 9.18 Å². The Kier molecular flexibility index (Phi) is 2.91. The summed E-state index contributed by atoms with van der Waals surface area (Å²) >= 11 is 0. The zero-order valence-corrected chi connectivity index (χ0v) is 9.27. The Morgan fingerprint density at radius 2 is 1.82 bits per heavy atom. The third-order valence-corrected chi connectivity index (χ3v) is 2.65. The Bertz CT molecular complexity index is 576. The van der Waals surface area contributed by atoms with Gasteiger partial charge in [-0.3, -0.25) is 0 Å². The fraction of sp³-hybridized carbons (Fsp3) is 0.0714. The summed E-state index contributed by atoms with van der Waals surface area (Å²) in [6.45, 7) is 1.83. The van der Waals surface area contributed by atoms with Crippen LogP contribution in [0.15, 0.2) is 42.5 Å². The predicted octanol–water partition coefficient (Wildman–Crippen LogP) is 3.50. The average Bonchev–Trinajstić information content (AvgIpc) is 2.32. The van der Waals surface area contributed by atoms with Gasteiger partial charge in [-0.25, -0.2) is 9.18 Å². The largest absolute Gasteiger partial charge is 0.478 e. The maximum atomic E-state index is 13.2. The Morgan fingerprint density at radius 3 is 2.53 bits per heavy atom.